The molecule has 1 fully saturated rings. The van der Waals surface area contributed by atoms with Crippen molar-refractivity contribution < 1.29 is 18.3 Å². The maximum Gasteiger partial charge on any atom is 0.410 e. The van der Waals surface area contributed by atoms with Crippen LogP contribution in [0.3, 0.4) is 0 Å². The van der Waals surface area contributed by atoms with Gasteiger partial charge in [-0.05, 0) is 45.7 Å². The van der Waals surface area contributed by atoms with Gasteiger partial charge in [0, 0.05) is 18.8 Å². The highest BCUT2D eigenvalue weighted by molar-refractivity contribution is 5.70. The van der Waals surface area contributed by atoms with Crippen molar-refractivity contribution in [3.05, 3.63) is 23.9 Å². The van der Waals surface area contributed by atoms with Crippen LogP contribution in [-0.2, 0) is 11.2 Å². The molecular formula is C17H23F2N3O2. The van der Waals surface area contributed by atoms with Gasteiger partial charge in [-0.25, -0.2) is 18.6 Å². The maximum atomic E-state index is 13.9. The number of carbonyl (C=O) groups is 1. The summed E-state index contributed by atoms with van der Waals surface area (Å²) in [6.07, 6.45) is -1.19. The van der Waals surface area contributed by atoms with Crippen molar-refractivity contribution in [2.45, 2.75) is 64.3 Å². The lowest BCUT2D eigenvalue weighted by atomic mass is 9.97. The molecule has 3 unspecified atom stereocenters. The molecule has 132 valence electrons. The van der Waals surface area contributed by atoms with Gasteiger partial charge >= 0.3 is 6.09 Å². The predicted molar refractivity (Wildman–Crippen MR) is 86.4 cm³/mol. The van der Waals surface area contributed by atoms with Crippen LogP contribution in [0.5, 0.6) is 0 Å². The molecule has 1 saturated heterocycles. The number of carbonyl (C=O) groups excluding carboxylic acids is 1. The van der Waals surface area contributed by atoms with Gasteiger partial charge < -0.3 is 9.64 Å². The second-order valence-electron chi connectivity index (χ2n) is 7.47. The molecule has 2 aliphatic heterocycles. The van der Waals surface area contributed by atoms with E-state index in [0.717, 1.165) is 11.4 Å². The Kier molecular flexibility index (Phi) is 4.13. The molecule has 3 atom stereocenters. The Bertz CT molecular complexity index is 633. The first kappa shape index (κ1) is 16.9. The third kappa shape index (κ3) is 2.91. The fourth-order valence-electron chi connectivity index (χ4n) is 3.65. The number of anilines is 1. The number of hydrogen-bond acceptors (Lipinski definition) is 4. The number of piperazine rings is 1. The number of pyridine rings is 1. The third-order valence-corrected chi connectivity index (χ3v) is 4.47. The summed E-state index contributed by atoms with van der Waals surface area (Å²) < 4.78 is 33.1. The summed E-state index contributed by atoms with van der Waals surface area (Å²) >= 11 is 0. The second kappa shape index (κ2) is 5.86. The molecule has 24 heavy (non-hydrogen) atoms. The first-order chi connectivity index (χ1) is 11.2. The largest absolute Gasteiger partial charge is 0.444 e. The van der Waals surface area contributed by atoms with Crippen LogP contribution in [0.25, 0.3) is 0 Å². The molecule has 3 rings (SSSR count). The molecule has 1 aromatic heterocycles. The van der Waals surface area contributed by atoms with Crippen LogP contribution in [-0.4, -0.2) is 52.7 Å². The van der Waals surface area contributed by atoms with Crippen molar-refractivity contribution in [1.29, 1.82) is 0 Å². The molecular weight excluding hydrogens is 316 g/mol. The zero-order valence-electron chi connectivity index (χ0n) is 14.4. The average molecular weight is 339 g/mol. The SMILES string of the molecule is CC1CN(C(=O)OC(C)(C)C)C(C(F)F)C2Cc3cccnc3N12. The molecule has 0 saturated carbocycles. The molecule has 2 aliphatic rings. The van der Waals surface area contributed by atoms with Crippen LogP contribution < -0.4 is 4.90 Å². The Hall–Kier alpha value is -1.92. The van der Waals surface area contributed by atoms with Crippen LogP contribution in [0.4, 0.5) is 19.4 Å². The third-order valence-electron chi connectivity index (χ3n) is 4.47. The summed E-state index contributed by atoms with van der Waals surface area (Å²) in [5.41, 5.74) is 0.232. The summed E-state index contributed by atoms with van der Waals surface area (Å²) in [5.74, 6) is 0.754. The molecule has 5 nitrogen and oxygen atoms in total. The number of rotatable bonds is 1. The minimum Gasteiger partial charge on any atom is -0.444 e. The Balaban J connectivity index is 1.92. The summed E-state index contributed by atoms with van der Waals surface area (Å²) in [4.78, 5) is 20.0. The normalized spacial score (nSPS) is 26.4. The summed E-state index contributed by atoms with van der Waals surface area (Å²) in [6.45, 7) is 7.32. The van der Waals surface area contributed by atoms with Crippen molar-refractivity contribution in [3.63, 3.8) is 0 Å². The highest BCUT2D eigenvalue weighted by Gasteiger charge is 2.51. The number of aromatic nitrogens is 1. The second-order valence-corrected chi connectivity index (χ2v) is 7.47. The number of alkyl halides is 2. The standard InChI is InChI=1S/C17H23F2N3O2/c1-10-9-21(16(23)24-17(2,3)4)13(14(18)19)12-8-11-6-5-7-20-15(11)22(10)12/h5-7,10,12-14H,8-9H2,1-4H3. The van der Waals surface area contributed by atoms with E-state index in [-0.39, 0.29) is 12.6 Å². The van der Waals surface area contributed by atoms with Crippen molar-refractivity contribution in [1.82, 2.24) is 9.88 Å². The maximum absolute atomic E-state index is 13.9. The lowest BCUT2D eigenvalue weighted by molar-refractivity contribution is -0.0332. The molecule has 7 heteroatoms. The summed E-state index contributed by atoms with van der Waals surface area (Å²) in [6, 6.07) is 1.93. The van der Waals surface area contributed by atoms with Gasteiger partial charge in [-0.3, -0.25) is 4.90 Å². The number of amides is 1. The minimum absolute atomic E-state index is 0.103. The fraction of sp³-hybridized carbons (Fsp3) is 0.647. The van der Waals surface area contributed by atoms with Gasteiger partial charge in [-0.2, -0.15) is 0 Å². The van der Waals surface area contributed by atoms with Crippen LogP contribution in [0.1, 0.15) is 33.3 Å². The van der Waals surface area contributed by atoms with Gasteiger partial charge in [0.05, 0.1) is 6.04 Å². The average Bonchev–Trinajstić information content (AvgIpc) is 2.84. The molecule has 0 spiro atoms. The van der Waals surface area contributed by atoms with Gasteiger partial charge in [0.15, 0.2) is 0 Å². The smallest absolute Gasteiger partial charge is 0.410 e. The number of hydrogen-bond donors (Lipinski definition) is 0. The quantitative estimate of drug-likeness (QED) is 0.789. The van der Waals surface area contributed by atoms with Crippen LogP contribution >= 0.6 is 0 Å². The molecule has 3 heterocycles. The summed E-state index contributed by atoms with van der Waals surface area (Å²) in [5, 5.41) is 0. The molecule has 0 aromatic carbocycles. The number of nitrogens with zero attached hydrogens (tertiary/aromatic N) is 3. The molecule has 1 aromatic rings. The van der Waals surface area contributed by atoms with Crippen LogP contribution in [0, 0.1) is 0 Å². The van der Waals surface area contributed by atoms with E-state index in [0.29, 0.717) is 6.42 Å². The van der Waals surface area contributed by atoms with Gasteiger partial charge in [0.1, 0.15) is 17.5 Å². The van der Waals surface area contributed by atoms with Crippen molar-refractivity contribution in [3.8, 4) is 0 Å². The number of halogens is 2. The highest BCUT2D eigenvalue weighted by Crippen LogP contribution is 2.39. The van der Waals surface area contributed by atoms with E-state index in [4.69, 9.17) is 4.74 Å². The van der Waals surface area contributed by atoms with E-state index >= 15 is 0 Å². The number of fused-ring (bicyclic) bond motifs is 3. The van der Waals surface area contributed by atoms with E-state index in [1.165, 1.54) is 4.90 Å². The molecule has 1 amide bonds. The van der Waals surface area contributed by atoms with Gasteiger partial charge in [0.25, 0.3) is 6.43 Å². The monoisotopic (exact) mass is 339 g/mol. The first-order valence-electron chi connectivity index (χ1n) is 8.19. The molecule has 0 aliphatic carbocycles. The lowest BCUT2D eigenvalue weighted by Gasteiger charge is -2.48. The van der Waals surface area contributed by atoms with E-state index in [1.807, 2.05) is 24.0 Å². The number of ether oxygens (including phenoxy) is 1. The Morgan fingerprint density at radius 1 is 1.42 bits per heavy atom. The topological polar surface area (TPSA) is 45.7 Å². The van der Waals surface area contributed by atoms with E-state index in [1.54, 1.807) is 27.0 Å². The van der Waals surface area contributed by atoms with Crippen LogP contribution in [0.2, 0.25) is 0 Å². The molecule has 0 radical (unpaired) electrons. The summed E-state index contributed by atoms with van der Waals surface area (Å²) in [7, 11) is 0. The molecule has 0 bridgehead atoms. The van der Waals surface area contributed by atoms with Gasteiger partial charge in [-0.15, -0.1) is 0 Å². The zero-order chi connectivity index (χ0) is 17.6. The van der Waals surface area contributed by atoms with Crippen LogP contribution in [0.15, 0.2) is 18.3 Å². The van der Waals surface area contributed by atoms with Gasteiger partial charge in [-0.1, -0.05) is 6.07 Å². The van der Waals surface area contributed by atoms with E-state index < -0.39 is 30.2 Å². The van der Waals surface area contributed by atoms with E-state index in [2.05, 4.69) is 4.98 Å². The minimum atomic E-state index is -2.65. The lowest BCUT2D eigenvalue weighted by Crippen LogP contribution is -2.66. The Morgan fingerprint density at radius 3 is 2.75 bits per heavy atom. The molecule has 0 N–H and O–H groups in total. The zero-order valence-corrected chi connectivity index (χ0v) is 14.4. The Morgan fingerprint density at radius 2 is 2.12 bits per heavy atom. The van der Waals surface area contributed by atoms with Crippen molar-refractivity contribution in [2.75, 3.05) is 11.4 Å². The predicted octanol–water partition coefficient (Wildman–Crippen LogP) is 3.09. The van der Waals surface area contributed by atoms with Crippen molar-refractivity contribution >= 4 is 11.9 Å². The fourth-order valence-corrected chi connectivity index (χ4v) is 3.65. The Labute approximate surface area is 140 Å². The van der Waals surface area contributed by atoms with Gasteiger partial charge in [0.2, 0.25) is 0 Å². The van der Waals surface area contributed by atoms with E-state index in [9.17, 15) is 13.6 Å². The highest BCUT2D eigenvalue weighted by atomic mass is 19.3. The first-order valence-corrected chi connectivity index (χ1v) is 8.19. The van der Waals surface area contributed by atoms with Crippen molar-refractivity contribution in [2.24, 2.45) is 0 Å².